The minimum absolute atomic E-state index is 0.377. The van der Waals surface area contributed by atoms with Crippen LogP contribution in [-0.4, -0.2) is 0 Å². The van der Waals surface area contributed by atoms with Gasteiger partial charge in [-0.25, -0.2) is 0 Å². The summed E-state index contributed by atoms with van der Waals surface area (Å²) in [7, 11) is 0. The van der Waals surface area contributed by atoms with Gasteiger partial charge in [-0.1, -0.05) is 39.0 Å². The molecule has 11 heavy (non-hydrogen) atoms. The van der Waals surface area contributed by atoms with Crippen molar-refractivity contribution in [2.45, 2.75) is 33.6 Å². The van der Waals surface area contributed by atoms with E-state index < -0.39 is 0 Å². The van der Waals surface area contributed by atoms with Crippen molar-refractivity contribution in [3.8, 4) is 0 Å². The van der Waals surface area contributed by atoms with Crippen LogP contribution in [0.25, 0.3) is 0 Å². The normalized spacial score (nSPS) is 39.5. The Balaban J connectivity index is 2.59. The first kappa shape index (κ1) is 7.15. The van der Waals surface area contributed by atoms with E-state index in [0.29, 0.717) is 10.8 Å². The maximum atomic E-state index is 4.13. The molecule has 0 heterocycles. The Morgan fingerprint density at radius 2 is 2.00 bits per heavy atom. The number of allylic oxidation sites excluding steroid dienone is 3. The Morgan fingerprint density at radius 1 is 1.36 bits per heavy atom. The van der Waals surface area contributed by atoms with Gasteiger partial charge < -0.3 is 0 Å². The van der Waals surface area contributed by atoms with Crippen molar-refractivity contribution in [3.63, 3.8) is 0 Å². The van der Waals surface area contributed by atoms with E-state index in [0.717, 1.165) is 0 Å². The van der Waals surface area contributed by atoms with Crippen LogP contribution in [0.15, 0.2) is 23.8 Å². The second-order valence-corrected chi connectivity index (χ2v) is 4.65. The molecule has 0 aliphatic heterocycles. The minimum atomic E-state index is 0.377. The van der Waals surface area contributed by atoms with Crippen molar-refractivity contribution in [1.29, 1.82) is 0 Å². The van der Waals surface area contributed by atoms with Crippen molar-refractivity contribution in [2.75, 3.05) is 0 Å². The number of fused-ring (bicyclic) bond motifs is 2. The molecule has 1 fully saturated rings. The van der Waals surface area contributed by atoms with Crippen LogP contribution in [0.5, 0.6) is 0 Å². The molecule has 2 bridgehead atoms. The van der Waals surface area contributed by atoms with Crippen molar-refractivity contribution in [2.24, 2.45) is 10.8 Å². The fraction of sp³-hybridized carbons (Fsp3) is 0.636. The van der Waals surface area contributed by atoms with Crippen molar-refractivity contribution < 1.29 is 0 Å². The molecular formula is C11H16. The number of hydrogen-bond acceptors (Lipinski definition) is 0. The second-order valence-electron chi connectivity index (χ2n) is 4.65. The molecule has 0 aromatic carbocycles. The molecule has 0 heteroatoms. The topological polar surface area (TPSA) is 0 Å². The van der Waals surface area contributed by atoms with Crippen LogP contribution >= 0.6 is 0 Å². The van der Waals surface area contributed by atoms with E-state index in [9.17, 15) is 0 Å². The highest BCUT2D eigenvalue weighted by Crippen LogP contribution is 2.64. The molecule has 0 saturated heterocycles. The van der Waals surface area contributed by atoms with Crippen molar-refractivity contribution in [3.05, 3.63) is 23.8 Å². The van der Waals surface area contributed by atoms with Crippen LogP contribution in [0.4, 0.5) is 0 Å². The third-order valence-electron chi connectivity index (χ3n) is 4.13. The van der Waals surface area contributed by atoms with Crippen LogP contribution in [0.1, 0.15) is 33.6 Å². The SMILES string of the molecule is C=C1C=C2CCC1(C)C2(C)C. The zero-order chi connectivity index (χ0) is 8.28. The van der Waals surface area contributed by atoms with E-state index in [4.69, 9.17) is 0 Å². The third-order valence-corrected chi connectivity index (χ3v) is 4.13. The predicted octanol–water partition coefficient (Wildman–Crippen LogP) is 3.31. The van der Waals surface area contributed by atoms with E-state index in [-0.39, 0.29) is 0 Å². The van der Waals surface area contributed by atoms with Gasteiger partial charge in [0.1, 0.15) is 0 Å². The van der Waals surface area contributed by atoms with Crippen LogP contribution < -0.4 is 0 Å². The fourth-order valence-corrected chi connectivity index (χ4v) is 2.55. The summed E-state index contributed by atoms with van der Waals surface area (Å²) in [5, 5.41) is 0. The third kappa shape index (κ3) is 0.571. The highest BCUT2D eigenvalue weighted by Gasteiger charge is 2.53. The van der Waals surface area contributed by atoms with Gasteiger partial charge in [0.15, 0.2) is 0 Å². The molecule has 1 unspecified atom stereocenters. The van der Waals surface area contributed by atoms with Gasteiger partial charge in [-0.2, -0.15) is 0 Å². The zero-order valence-corrected chi connectivity index (χ0v) is 7.70. The maximum Gasteiger partial charge on any atom is 0.00103 e. The molecule has 2 aliphatic carbocycles. The molecule has 2 rings (SSSR count). The summed E-state index contributed by atoms with van der Waals surface area (Å²) < 4.78 is 0. The van der Waals surface area contributed by atoms with Gasteiger partial charge in [0.05, 0.1) is 0 Å². The highest BCUT2D eigenvalue weighted by molar-refractivity contribution is 5.46. The predicted molar refractivity (Wildman–Crippen MR) is 48.3 cm³/mol. The Kier molecular flexibility index (Phi) is 1.06. The Hall–Kier alpha value is -0.520. The largest absolute Gasteiger partial charge is 0.0952 e. The van der Waals surface area contributed by atoms with E-state index in [1.54, 1.807) is 5.57 Å². The van der Waals surface area contributed by atoms with E-state index in [1.165, 1.54) is 18.4 Å². The van der Waals surface area contributed by atoms with Gasteiger partial charge in [0, 0.05) is 5.41 Å². The highest BCUT2D eigenvalue weighted by atomic mass is 14.6. The molecule has 0 radical (unpaired) electrons. The van der Waals surface area contributed by atoms with Gasteiger partial charge in [-0.3, -0.25) is 0 Å². The molecule has 0 spiro atoms. The minimum Gasteiger partial charge on any atom is -0.0952 e. The Morgan fingerprint density at radius 3 is 2.18 bits per heavy atom. The first-order valence-electron chi connectivity index (χ1n) is 4.39. The number of hydrogen-bond donors (Lipinski definition) is 0. The van der Waals surface area contributed by atoms with Crippen LogP contribution in [0, 0.1) is 10.8 Å². The summed E-state index contributed by atoms with van der Waals surface area (Å²) in [6.07, 6.45) is 4.91. The van der Waals surface area contributed by atoms with Crippen LogP contribution in [0.3, 0.4) is 0 Å². The van der Waals surface area contributed by atoms with E-state index in [2.05, 4.69) is 33.4 Å². The summed E-state index contributed by atoms with van der Waals surface area (Å²) >= 11 is 0. The standard InChI is InChI=1S/C11H16/c1-8-7-9-5-6-11(8,4)10(9,2)3/h7H,1,5-6H2,2-4H3. The van der Waals surface area contributed by atoms with Crippen LogP contribution in [-0.2, 0) is 0 Å². The maximum absolute atomic E-state index is 4.13. The summed E-state index contributed by atoms with van der Waals surface area (Å²) in [6, 6.07) is 0. The molecule has 0 aromatic rings. The van der Waals surface area contributed by atoms with Gasteiger partial charge >= 0.3 is 0 Å². The number of rotatable bonds is 0. The fourth-order valence-electron chi connectivity index (χ4n) is 2.55. The first-order chi connectivity index (χ1) is 4.98. The van der Waals surface area contributed by atoms with Gasteiger partial charge in [0.2, 0.25) is 0 Å². The molecule has 1 saturated carbocycles. The van der Waals surface area contributed by atoms with Crippen molar-refractivity contribution in [1.82, 2.24) is 0 Å². The molecule has 60 valence electrons. The average molecular weight is 148 g/mol. The Bertz CT molecular complexity index is 255. The lowest BCUT2D eigenvalue weighted by Gasteiger charge is -2.34. The Labute approximate surface area is 69.0 Å². The lowest BCUT2D eigenvalue weighted by Crippen LogP contribution is -2.27. The van der Waals surface area contributed by atoms with Gasteiger partial charge in [-0.15, -0.1) is 0 Å². The summed E-state index contributed by atoms with van der Waals surface area (Å²) in [5.41, 5.74) is 3.74. The van der Waals surface area contributed by atoms with E-state index in [1.807, 2.05) is 0 Å². The smallest absolute Gasteiger partial charge is 0.00103 e. The zero-order valence-electron chi connectivity index (χ0n) is 7.70. The lowest BCUT2D eigenvalue weighted by atomic mass is 9.69. The molecular weight excluding hydrogens is 132 g/mol. The van der Waals surface area contributed by atoms with Gasteiger partial charge in [-0.05, 0) is 23.8 Å². The molecule has 0 aromatic heterocycles. The molecule has 0 N–H and O–H groups in total. The lowest BCUT2D eigenvalue weighted by molar-refractivity contribution is 0.232. The summed E-state index contributed by atoms with van der Waals surface area (Å²) in [6.45, 7) is 11.2. The quantitative estimate of drug-likeness (QED) is 0.494. The van der Waals surface area contributed by atoms with Crippen LogP contribution in [0.2, 0.25) is 0 Å². The molecule has 0 amide bonds. The summed E-state index contributed by atoms with van der Waals surface area (Å²) in [5.74, 6) is 0. The molecule has 1 atom stereocenters. The van der Waals surface area contributed by atoms with Gasteiger partial charge in [0.25, 0.3) is 0 Å². The second kappa shape index (κ2) is 1.63. The van der Waals surface area contributed by atoms with Crippen molar-refractivity contribution >= 4 is 0 Å². The monoisotopic (exact) mass is 148 g/mol. The molecule has 2 aliphatic rings. The van der Waals surface area contributed by atoms with E-state index >= 15 is 0 Å². The average Bonchev–Trinajstić information content (AvgIpc) is 2.20. The molecule has 0 nitrogen and oxygen atoms in total. The first-order valence-corrected chi connectivity index (χ1v) is 4.39. The summed E-state index contributed by atoms with van der Waals surface area (Å²) in [4.78, 5) is 0.